The van der Waals surface area contributed by atoms with E-state index >= 15 is 0 Å². The second-order valence-corrected chi connectivity index (χ2v) is 4.31. The molecule has 3 heteroatoms. The topological polar surface area (TPSA) is 35.2 Å². The highest BCUT2D eigenvalue weighted by Crippen LogP contribution is 2.41. The van der Waals surface area contributed by atoms with Crippen LogP contribution in [0.15, 0.2) is 24.3 Å². The Labute approximate surface area is 89.2 Å². The molecule has 0 amide bonds. The molecule has 2 nitrogen and oxygen atoms in total. The van der Waals surface area contributed by atoms with Crippen molar-refractivity contribution in [3.8, 4) is 5.75 Å². The summed E-state index contributed by atoms with van der Waals surface area (Å²) < 4.78 is 18.8. The minimum atomic E-state index is -0.955. The molecule has 1 aliphatic rings. The molecule has 1 aromatic rings. The van der Waals surface area contributed by atoms with Crippen molar-refractivity contribution in [3.63, 3.8) is 0 Å². The van der Waals surface area contributed by atoms with Gasteiger partial charge in [-0.2, -0.15) is 0 Å². The van der Waals surface area contributed by atoms with Crippen molar-refractivity contribution >= 4 is 0 Å². The predicted molar refractivity (Wildman–Crippen MR) is 57.6 cm³/mol. The molecule has 0 saturated heterocycles. The smallest absolute Gasteiger partial charge is 0.127 e. The van der Waals surface area contributed by atoms with Gasteiger partial charge in [-0.3, -0.25) is 0 Å². The van der Waals surface area contributed by atoms with Gasteiger partial charge in [0, 0.05) is 12.0 Å². The maximum absolute atomic E-state index is 13.8. The lowest BCUT2D eigenvalue weighted by Crippen LogP contribution is -2.23. The van der Waals surface area contributed by atoms with E-state index in [1.165, 1.54) is 0 Å². The van der Waals surface area contributed by atoms with Crippen LogP contribution in [0, 0.1) is 0 Å². The molecule has 15 heavy (non-hydrogen) atoms. The Morgan fingerprint density at radius 1 is 1.40 bits per heavy atom. The summed E-state index contributed by atoms with van der Waals surface area (Å²) in [6.07, 6.45) is 1.37. The first-order valence-electron chi connectivity index (χ1n) is 5.20. The van der Waals surface area contributed by atoms with Crippen LogP contribution in [-0.2, 0) is 0 Å². The number of alkyl halides is 1. The van der Waals surface area contributed by atoms with Crippen LogP contribution < -0.4 is 10.5 Å². The SMILES string of the molecule is COc1ccc(C(F)CC2(N)CC2)cc1. The van der Waals surface area contributed by atoms with Crippen LogP contribution in [0.2, 0.25) is 0 Å². The van der Waals surface area contributed by atoms with Gasteiger partial charge < -0.3 is 10.5 Å². The van der Waals surface area contributed by atoms with Gasteiger partial charge in [-0.15, -0.1) is 0 Å². The van der Waals surface area contributed by atoms with Gasteiger partial charge in [0.1, 0.15) is 11.9 Å². The Hall–Kier alpha value is -1.09. The summed E-state index contributed by atoms with van der Waals surface area (Å²) in [5.74, 6) is 0.750. The van der Waals surface area contributed by atoms with Crippen LogP contribution in [0.3, 0.4) is 0 Å². The number of hydrogen-bond donors (Lipinski definition) is 1. The van der Waals surface area contributed by atoms with Crippen LogP contribution in [0.5, 0.6) is 5.75 Å². The second kappa shape index (κ2) is 3.81. The molecule has 2 N–H and O–H groups in total. The lowest BCUT2D eigenvalue weighted by atomic mass is 10.0. The van der Waals surface area contributed by atoms with Crippen molar-refractivity contribution in [1.29, 1.82) is 0 Å². The summed E-state index contributed by atoms with van der Waals surface area (Å²) in [7, 11) is 1.60. The Bertz CT molecular complexity index is 332. The lowest BCUT2D eigenvalue weighted by molar-refractivity contribution is 0.295. The molecule has 1 unspecified atom stereocenters. The summed E-state index contributed by atoms with van der Waals surface area (Å²) in [5.41, 5.74) is 6.33. The molecule has 2 rings (SSSR count). The van der Waals surface area contributed by atoms with Crippen molar-refractivity contribution in [2.75, 3.05) is 7.11 Å². The Morgan fingerprint density at radius 2 is 2.00 bits per heavy atom. The maximum atomic E-state index is 13.8. The van der Waals surface area contributed by atoms with Crippen molar-refractivity contribution in [3.05, 3.63) is 29.8 Å². The van der Waals surface area contributed by atoms with Crippen LogP contribution in [0.4, 0.5) is 4.39 Å². The van der Waals surface area contributed by atoms with Gasteiger partial charge in [-0.05, 0) is 30.5 Å². The van der Waals surface area contributed by atoms with E-state index < -0.39 is 6.17 Å². The zero-order valence-electron chi connectivity index (χ0n) is 8.87. The molecule has 1 atom stereocenters. The summed E-state index contributed by atoms with van der Waals surface area (Å²) in [6.45, 7) is 0. The largest absolute Gasteiger partial charge is 0.497 e. The first-order valence-corrected chi connectivity index (χ1v) is 5.20. The lowest BCUT2D eigenvalue weighted by Gasteiger charge is -2.13. The molecule has 0 aliphatic heterocycles. The summed E-state index contributed by atoms with van der Waals surface area (Å²) in [4.78, 5) is 0. The molecule has 0 heterocycles. The molecular weight excluding hydrogens is 193 g/mol. The van der Waals surface area contributed by atoms with E-state index in [9.17, 15) is 4.39 Å². The van der Waals surface area contributed by atoms with Gasteiger partial charge in [0.2, 0.25) is 0 Å². The zero-order valence-corrected chi connectivity index (χ0v) is 8.87. The average Bonchev–Trinajstić information content (AvgIpc) is 2.96. The first-order chi connectivity index (χ1) is 7.13. The molecule has 82 valence electrons. The molecule has 1 aromatic carbocycles. The summed E-state index contributed by atoms with van der Waals surface area (Å²) in [5, 5.41) is 0. The van der Waals surface area contributed by atoms with Gasteiger partial charge >= 0.3 is 0 Å². The van der Waals surface area contributed by atoms with E-state index in [1.54, 1.807) is 31.4 Å². The van der Waals surface area contributed by atoms with E-state index in [1.807, 2.05) is 0 Å². The minimum Gasteiger partial charge on any atom is -0.497 e. The van der Waals surface area contributed by atoms with Crippen LogP contribution in [-0.4, -0.2) is 12.6 Å². The van der Waals surface area contributed by atoms with E-state index in [4.69, 9.17) is 10.5 Å². The van der Waals surface area contributed by atoms with Crippen molar-refractivity contribution in [2.45, 2.75) is 31.0 Å². The van der Waals surface area contributed by atoms with Crippen molar-refractivity contribution in [2.24, 2.45) is 5.73 Å². The number of halogens is 1. The van der Waals surface area contributed by atoms with E-state index in [2.05, 4.69) is 0 Å². The third-order valence-electron chi connectivity index (χ3n) is 2.96. The van der Waals surface area contributed by atoms with Gasteiger partial charge in [-0.1, -0.05) is 12.1 Å². The van der Waals surface area contributed by atoms with Gasteiger partial charge in [0.15, 0.2) is 0 Å². The van der Waals surface area contributed by atoms with Crippen molar-refractivity contribution < 1.29 is 9.13 Å². The third kappa shape index (κ3) is 2.48. The number of benzene rings is 1. The highest BCUT2D eigenvalue weighted by atomic mass is 19.1. The summed E-state index contributed by atoms with van der Waals surface area (Å²) >= 11 is 0. The molecule has 1 saturated carbocycles. The fourth-order valence-electron chi connectivity index (χ4n) is 1.65. The highest BCUT2D eigenvalue weighted by molar-refractivity contribution is 5.29. The molecule has 0 radical (unpaired) electrons. The molecule has 0 spiro atoms. The Balaban J connectivity index is 2.01. The van der Waals surface area contributed by atoms with Crippen LogP contribution in [0.25, 0.3) is 0 Å². The monoisotopic (exact) mass is 209 g/mol. The maximum Gasteiger partial charge on any atom is 0.127 e. The predicted octanol–water partition coefficient (Wildman–Crippen LogP) is 2.59. The Kier molecular flexibility index (Phi) is 2.65. The number of ether oxygens (including phenoxy) is 1. The van der Waals surface area contributed by atoms with Gasteiger partial charge in [-0.25, -0.2) is 4.39 Å². The van der Waals surface area contributed by atoms with Gasteiger partial charge in [0.25, 0.3) is 0 Å². The van der Waals surface area contributed by atoms with Crippen LogP contribution >= 0.6 is 0 Å². The average molecular weight is 209 g/mol. The zero-order chi connectivity index (χ0) is 10.9. The summed E-state index contributed by atoms with van der Waals surface area (Å²) in [6, 6.07) is 7.07. The highest BCUT2D eigenvalue weighted by Gasteiger charge is 2.40. The van der Waals surface area contributed by atoms with E-state index in [0.29, 0.717) is 12.0 Å². The van der Waals surface area contributed by atoms with Gasteiger partial charge in [0.05, 0.1) is 7.11 Å². The minimum absolute atomic E-state index is 0.237. The number of rotatable bonds is 4. The molecule has 1 fully saturated rings. The third-order valence-corrected chi connectivity index (χ3v) is 2.96. The second-order valence-electron chi connectivity index (χ2n) is 4.31. The molecule has 1 aliphatic carbocycles. The quantitative estimate of drug-likeness (QED) is 0.827. The fourth-order valence-corrected chi connectivity index (χ4v) is 1.65. The number of methoxy groups -OCH3 is 1. The fraction of sp³-hybridized carbons (Fsp3) is 0.500. The van der Waals surface area contributed by atoms with E-state index in [-0.39, 0.29) is 5.54 Å². The first kappa shape index (κ1) is 10.4. The van der Waals surface area contributed by atoms with E-state index in [0.717, 1.165) is 18.6 Å². The number of hydrogen-bond acceptors (Lipinski definition) is 2. The van der Waals surface area contributed by atoms with Crippen molar-refractivity contribution in [1.82, 2.24) is 0 Å². The molecule has 0 bridgehead atoms. The normalized spacial score (nSPS) is 19.7. The molecular formula is C12H16FNO. The Morgan fingerprint density at radius 3 is 2.47 bits per heavy atom. The van der Waals surface area contributed by atoms with Crippen LogP contribution in [0.1, 0.15) is 31.0 Å². The number of nitrogens with two attached hydrogens (primary N) is 1. The standard InChI is InChI=1S/C12H16FNO/c1-15-10-4-2-9(3-5-10)11(13)8-12(14)6-7-12/h2-5,11H,6-8,14H2,1H3. The molecule has 0 aromatic heterocycles.